The van der Waals surface area contributed by atoms with Gasteiger partial charge in [-0.05, 0) is 242 Å². The lowest BCUT2D eigenvalue weighted by molar-refractivity contribution is 1.18. The van der Waals surface area contributed by atoms with Gasteiger partial charge in [0.05, 0.1) is 44.1 Å². The fourth-order valence-electron chi connectivity index (χ4n) is 22.2. The van der Waals surface area contributed by atoms with Crippen LogP contribution in [-0.4, -0.2) is 34.4 Å². The Morgan fingerprint density at radius 2 is 0.312 bits per heavy atom. The maximum absolute atomic E-state index is 2.81. The monoisotopic (exact) mass is 1790 g/mol. The lowest BCUT2D eigenvalue weighted by atomic mass is 9.97. The first-order chi connectivity index (χ1) is 68.4. The standard InChI is InChI=1S/2C66H46N2Si/c1-6-20-47(21-7-1)48-22-18-23-49(42-48)52-36-39-60-62-44-51(50-37-40-64-61(43-50)59-34-16-17-35-63(59)67(64)53-24-8-2-9-25-53)38-41-65(62)68(66(60)45-52)54-26-19-33-58(46-54)69(55-27-10-3-11-28-55,56-29-12-4-13-30-56)57-31-14-5-15-32-57;1-6-19-47(20-7-1)48-21-18-22-49(43-48)52-33-40-60-62-45-51(50-34-41-64-61(44-50)59-31-16-17-32-63(59)67(64)53-23-8-2-9-24-53)35-42-65(62)68(66(60)46-52)54-36-38-58(39-37-54)69(55-25-10-3-11-26-55,56-27-12-4-13-28-56)57-29-14-5-15-30-57/h2*1-46H. The van der Waals surface area contributed by atoms with Gasteiger partial charge >= 0.3 is 0 Å². The van der Waals surface area contributed by atoms with Crippen molar-refractivity contribution in [2.75, 3.05) is 0 Å². The molecule has 0 aliphatic carbocycles. The molecule has 6 heteroatoms. The van der Waals surface area contributed by atoms with E-state index in [4.69, 9.17) is 0 Å². The van der Waals surface area contributed by atoms with Gasteiger partial charge in [0.25, 0.3) is 0 Å². The summed E-state index contributed by atoms with van der Waals surface area (Å²) >= 11 is 0. The minimum atomic E-state index is -2.81. The van der Waals surface area contributed by atoms with Crippen molar-refractivity contribution < 1.29 is 0 Å². The lowest BCUT2D eigenvalue weighted by Gasteiger charge is -2.34. The third-order valence-electron chi connectivity index (χ3n) is 28.5. The van der Waals surface area contributed by atoms with Crippen LogP contribution >= 0.6 is 0 Å². The SMILES string of the molecule is c1ccc(-c2cccc(-c3ccc4c5cc(-c6ccc7c(c6)c6ccccc6n7-c6ccccc6)ccc5n(-c5ccc([Si](c6ccccc6)(c6ccccc6)c6ccccc6)cc5)c4c3)c2)cc1.c1ccc(-c2cccc(-c3ccc4c5cc(-c6ccc7c(c6)c6ccccc6n7-c6ccccc6)ccc5n(-c5cccc([Si](c6ccccc6)(c6ccccc6)c6ccccc6)c5)c4c3)c2)cc1. The minimum Gasteiger partial charge on any atom is -0.309 e. The highest BCUT2D eigenvalue weighted by Gasteiger charge is 2.43. The fraction of sp³-hybridized carbons (Fsp3) is 0. The third kappa shape index (κ3) is 14.3. The number of aromatic nitrogens is 4. The number of rotatable bonds is 18. The summed E-state index contributed by atoms with van der Waals surface area (Å²) in [6.45, 7) is 0. The second-order valence-electron chi connectivity index (χ2n) is 36.1. The first-order valence-corrected chi connectivity index (χ1v) is 51.7. The number of benzene rings is 22. The first kappa shape index (κ1) is 82.4. The predicted octanol–water partition coefficient (Wildman–Crippen LogP) is 28.5. The van der Waals surface area contributed by atoms with Gasteiger partial charge in [0.15, 0.2) is 16.1 Å². The molecular weight excluding hydrogens is 1700 g/mol. The van der Waals surface area contributed by atoms with E-state index < -0.39 is 16.1 Å². The molecule has 4 nitrogen and oxygen atoms in total. The van der Waals surface area contributed by atoms with Crippen LogP contribution in [0.4, 0.5) is 0 Å². The number of nitrogens with zero attached hydrogens (tertiary/aromatic N) is 4. The van der Waals surface area contributed by atoms with Gasteiger partial charge in [-0.3, -0.25) is 0 Å². The molecule has 0 radical (unpaired) electrons. The topological polar surface area (TPSA) is 19.7 Å². The average Bonchev–Trinajstić information content (AvgIpc) is 1.54. The quantitative estimate of drug-likeness (QED) is 0.0603. The summed E-state index contributed by atoms with van der Waals surface area (Å²) in [5.74, 6) is 0. The smallest absolute Gasteiger partial charge is 0.179 e. The van der Waals surface area contributed by atoms with Gasteiger partial charge in [0.2, 0.25) is 0 Å². The maximum Gasteiger partial charge on any atom is 0.179 e. The van der Waals surface area contributed by atoms with Gasteiger partial charge in [0.1, 0.15) is 0 Å². The molecule has 0 atom stereocenters. The van der Waals surface area contributed by atoms with Crippen molar-refractivity contribution in [3.05, 3.63) is 558 Å². The molecule has 138 heavy (non-hydrogen) atoms. The van der Waals surface area contributed by atoms with Gasteiger partial charge in [-0.25, -0.2) is 0 Å². The largest absolute Gasteiger partial charge is 0.309 e. The Hall–Kier alpha value is -17.5. The molecule has 26 rings (SSSR count). The Labute approximate surface area is 804 Å². The molecule has 0 aliphatic rings. The van der Waals surface area contributed by atoms with Crippen molar-refractivity contribution >= 4 is 145 Å². The van der Waals surface area contributed by atoms with E-state index in [-0.39, 0.29) is 0 Å². The summed E-state index contributed by atoms with van der Waals surface area (Å²) in [6, 6.07) is 207. The Kier molecular flexibility index (Phi) is 21.0. The molecule has 22 aromatic carbocycles. The zero-order valence-corrected chi connectivity index (χ0v) is 77.9. The van der Waals surface area contributed by atoms with Crippen LogP contribution in [0.15, 0.2) is 558 Å². The van der Waals surface area contributed by atoms with E-state index in [0.717, 1.165) is 22.7 Å². The van der Waals surface area contributed by atoms with E-state index in [1.165, 1.54) is 195 Å². The summed E-state index contributed by atoms with van der Waals surface area (Å²) in [7, 11) is -5.52. The summed E-state index contributed by atoms with van der Waals surface area (Å²) in [5, 5.41) is 20.7. The van der Waals surface area contributed by atoms with Gasteiger partial charge in [-0.15, -0.1) is 0 Å². The van der Waals surface area contributed by atoms with Crippen LogP contribution < -0.4 is 41.5 Å². The van der Waals surface area contributed by atoms with Crippen LogP contribution in [0.2, 0.25) is 0 Å². The highest BCUT2D eigenvalue weighted by atomic mass is 28.3. The lowest BCUT2D eigenvalue weighted by Crippen LogP contribution is -2.74. The van der Waals surface area contributed by atoms with Crippen LogP contribution in [0.25, 0.3) is 177 Å². The van der Waals surface area contributed by atoms with Gasteiger partial charge in [0, 0.05) is 65.8 Å². The van der Waals surface area contributed by atoms with Crippen molar-refractivity contribution in [3.63, 3.8) is 0 Å². The number of hydrogen-bond donors (Lipinski definition) is 0. The molecule has 0 saturated carbocycles. The van der Waals surface area contributed by atoms with E-state index in [0.29, 0.717) is 0 Å². The zero-order valence-electron chi connectivity index (χ0n) is 75.9. The molecule has 0 bridgehead atoms. The normalized spacial score (nSPS) is 11.8. The fourth-order valence-corrected chi connectivity index (χ4v) is 31.7. The molecule has 0 spiro atoms. The highest BCUT2D eigenvalue weighted by Crippen LogP contribution is 2.44. The molecule has 0 fully saturated rings. The van der Waals surface area contributed by atoms with E-state index in [2.05, 4.69) is 576 Å². The number of hydrogen-bond acceptors (Lipinski definition) is 0. The van der Waals surface area contributed by atoms with Crippen LogP contribution in [-0.2, 0) is 0 Å². The molecule has 0 saturated heterocycles. The maximum atomic E-state index is 2.51. The molecule has 0 N–H and O–H groups in total. The Morgan fingerprint density at radius 3 is 0.659 bits per heavy atom. The number of fused-ring (bicyclic) bond motifs is 12. The van der Waals surface area contributed by atoms with E-state index in [1.807, 2.05) is 0 Å². The summed E-state index contributed by atoms with van der Waals surface area (Å²) in [5.41, 5.74) is 28.5. The first-order valence-electron chi connectivity index (χ1n) is 47.7. The predicted molar refractivity (Wildman–Crippen MR) is 590 cm³/mol. The molecular formula is C132H92N4Si2. The van der Waals surface area contributed by atoms with E-state index in [1.54, 1.807) is 0 Å². The van der Waals surface area contributed by atoms with E-state index >= 15 is 0 Å². The van der Waals surface area contributed by atoms with Gasteiger partial charge in [-0.1, -0.05) is 425 Å². The zero-order chi connectivity index (χ0) is 91.5. The Morgan fingerprint density at radius 1 is 0.101 bits per heavy atom. The average molecular weight is 1790 g/mol. The van der Waals surface area contributed by atoms with Crippen molar-refractivity contribution in [2.24, 2.45) is 0 Å². The summed E-state index contributed by atoms with van der Waals surface area (Å²) in [6.07, 6.45) is 0. The van der Waals surface area contributed by atoms with Gasteiger partial charge in [-0.2, -0.15) is 0 Å². The highest BCUT2D eigenvalue weighted by molar-refractivity contribution is 7.20. The minimum absolute atomic E-state index is 1.13. The van der Waals surface area contributed by atoms with Crippen molar-refractivity contribution in [2.45, 2.75) is 0 Å². The molecule has 0 amide bonds. The second-order valence-corrected chi connectivity index (χ2v) is 43.7. The molecule has 4 aromatic heterocycles. The molecule has 0 aliphatic heterocycles. The van der Waals surface area contributed by atoms with Crippen molar-refractivity contribution in [3.8, 4) is 89.5 Å². The van der Waals surface area contributed by atoms with Crippen molar-refractivity contribution in [1.29, 1.82) is 0 Å². The van der Waals surface area contributed by atoms with Crippen LogP contribution in [0.3, 0.4) is 0 Å². The molecule has 0 unspecified atom stereocenters. The van der Waals surface area contributed by atoms with Gasteiger partial charge < -0.3 is 18.3 Å². The summed E-state index contributed by atoms with van der Waals surface area (Å²) in [4.78, 5) is 0. The molecule has 26 aromatic rings. The van der Waals surface area contributed by atoms with Crippen molar-refractivity contribution in [1.82, 2.24) is 18.3 Å². The Bertz CT molecular complexity index is 8820. The second kappa shape index (κ2) is 35.1. The summed E-state index contributed by atoms with van der Waals surface area (Å²) < 4.78 is 9.77. The Balaban J connectivity index is 0.000000146. The molecule has 648 valence electrons. The number of para-hydroxylation sites is 4. The van der Waals surface area contributed by atoms with Crippen LogP contribution in [0.1, 0.15) is 0 Å². The van der Waals surface area contributed by atoms with Crippen LogP contribution in [0.5, 0.6) is 0 Å². The third-order valence-corrected chi connectivity index (χ3v) is 38.1. The molecule has 4 heterocycles. The van der Waals surface area contributed by atoms with Crippen LogP contribution in [0, 0.1) is 0 Å². The van der Waals surface area contributed by atoms with E-state index in [9.17, 15) is 0 Å².